The molecule has 1 N–H and O–H groups in total. The van der Waals surface area contributed by atoms with E-state index in [1.54, 1.807) is 6.07 Å². The summed E-state index contributed by atoms with van der Waals surface area (Å²) in [5.41, 5.74) is 1.85. The van der Waals surface area contributed by atoms with Gasteiger partial charge in [-0.25, -0.2) is 9.67 Å². The van der Waals surface area contributed by atoms with Crippen LogP contribution < -0.4 is 5.56 Å². The summed E-state index contributed by atoms with van der Waals surface area (Å²) in [7, 11) is 0. The Morgan fingerprint density at radius 2 is 1.87 bits per heavy atom. The third-order valence-electron chi connectivity index (χ3n) is 5.20. The number of carboxylic acid groups (broad SMARTS) is 1. The van der Waals surface area contributed by atoms with E-state index in [4.69, 9.17) is 4.98 Å². The van der Waals surface area contributed by atoms with Crippen molar-refractivity contribution in [2.45, 2.75) is 19.9 Å². The van der Waals surface area contributed by atoms with Gasteiger partial charge < -0.3 is 5.11 Å². The molecule has 0 spiro atoms. The second-order valence-corrected chi connectivity index (χ2v) is 8.33. The topological polar surface area (TPSA) is 85.1 Å². The van der Waals surface area contributed by atoms with Crippen LogP contribution >= 0.6 is 11.3 Å². The quantitative estimate of drug-likeness (QED) is 0.477. The summed E-state index contributed by atoms with van der Waals surface area (Å²) >= 11 is 1.52. The first-order chi connectivity index (χ1) is 14.5. The molecule has 0 radical (unpaired) electrons. The Balaban J connectivity index is 1.67. The van der Waals surface area contributed by atoms with E-state index in [9.17, 15) is 14.7 Å². The number of benzene rings is 3. The lowest BCUT2D eigenvalue weighted by Gasteiger charge is -2.10. The zero-order valence-electron chi connectivity index (χ0n) is 16.1. The van der Waals surface area contributed by atoms with Crippen molar-refractivity contribution in [1.29, 1.82) is 0 Å². The summed E-state index contributed by atoms with van der Waals surface area (Å²) in [6.07, 6.45) is -0.245. The van der Waals surface area contributed by atoms with Gasteiger partial charge in [-0.2, -0.15) is 5.10 Å². The highest BCUT2D eigenvalue weighted by molar-refractivity contribution is 7.18. The van der Waals surface area contributed by atoms with Crippen molar-refractivity contribution in [1.82, 2.24) is 14.8 Å². The number of rotatable bonds is 4. The Labute approximate surface area is 175 Å². The summed E-state index contributed by atoms with van der Waals surface area (Å²) in [6, 6.07) is 17.6. The van der Waals surface area contributed by atoms with Crippen LogP contribution in [0.3, 0.4) is 0 Å². The summed E-state index contributed by atoms with van der Waals surface area (Å²) < 4.78 is 2.38. The van der Waals surface area contributed by atoms with Crippen LogP contribution in [0, 0.1) is 6.92 Å². The van der Waals surface area contributed by atoms with Crippen LogP contribution in [0.25, 0.3) is 31.8 Å². The summed E-state index contributed by atoms with van der Waals surface area (Å²) in [5, 5.41) is 17.7. The number of thiazole rings is 1. The highest BCUT2D eigenvalue weighted by Crippen LogP contribution is 2.29. The van der Waals surface area contributed by atoms with Gasteiger partial charge in [0.15, 0.2) is 0 Å². The normalized spacial score (nSPS) is 11.5. The molecule has 0 atom stereocenters. The fraction of sp³-hybridized carbons (Fsp3) is 0.130. The van der Waals surface area contributed by atoms with Crippen molar-refractivity contribution >= 4 is 49.1 Å². The molecule has 3 aromatic carbocycles. The van der Waals surface area contributed by atoms with Crippen LogP contribution in [-0.2, 0) is 17.8 Å². The van der Waals surface area contributed by atoms with Crippen molar-refractivity contribution in [3.8, 4) is 0 Å². The minimum Gasteiger partial charge on any atom is -0.481 e. The zero-order chi connectivity index (χ0) is 20.8. The van der Waals surface area contributed by atoms with Crippen molar-refractivity contribution in [3.05, 3.63) is 81.2 Å². The summed E-state index contributed by atoms with van der Waals surface area (Å²) in [4.78, 5) is 29.3. The first-order valence-corrected chi connectivity index (χ1v) is 10.3. The fourth-order valence-electron chi connectivity index (χ4n) is 3.85. The molecular weight excluding hydrogens is 398 g/mol. The van der Waals surface area contributed by atoms with E-state index >= 15 is 0 Å². The molecule has 0 aliphatic heterocycles. The second-order valence-electron chi connectivity index (χ2n) is 7.22. The SMILES string of the molecule is Cc1cccc2c(CC(=O)O)nn(Cc3nc4c(ccc5ccccc54)s3)c(=O)c12. The molecule has 0 bridgehead atoms. The maximum Gasteiger partial charge on any atom is 0.309 e. The lowest BCUT2D eigenvalue weighted by atomic mass is 10.0. The van der Waals surface area contributed by atoms with Gasteiger partial charge in [0.05, 0.1) is 34.3 Å². The van der Waals surface area contributed by atoms with Crippen molar-refractivity contribution in [2.24, 2.45) is 0 Å². The van der Waals surface area contributed by atoms with E-state index in [1.807, 2.05) is 49.4 Å². The first kappa shape index (κ1) is 18.4. The van der Waals surface area contributed by atoms with Crippen molar-refractivity contribution in [3.63, 3.8) is 0 Å². The van der Waals surface area contributed by atoms with Gasteiger partial charge in [-0.3, -0.25) is 9.59 Å². The molecule has 30 heavy (non-hydrogen) atoms. The van der Waals surface area contributed by atoms with Gasteiger partial charge in [0.2, 0.25) is 0 Å². The molecule has 5 aromatic rings. The highest BCUT2D eigenvalue weighted by Gasteiger charge is 2.16. The van der Waals surface area contributed by atoms with E-state index in [1.165, 1.54) is 16.0 Å². The smallest absolute Gasteiger partial charge is 0.309 e. The standard InChI is InChI=1S/C23H17N3O3S/c1-13-5-4-8-16-17(11-20(27)28)25-26(23(29)21(13)16)12-19-24-22-15-7-3-2-6-14(15)9-10-18(22)30-19/h2-10H,11-12H2,1H3,(H,27,28). The number of fused-ring (bicyclic) bond motifs is 4. The highest BCUT2D eigenvalue weighted by atomic mass is 32.1. The molecule has 0 saturated heterocycles. The van der Waals surface area contributed by atoms with E-state index in [-0.39, 0.29) is 18.5 Å². The van der Waals surface area contributed by atoms with Crippen LogP contribution in [0.2, 0.25) is 0 Å². The maximum absolute atomic E-state index is 13.1. The molecule has 0 amide bonds. The molecule has 2 heterocycles. The number of nitrogens with zero attached hydrogens (tertiary/aromatic N) is 3. The Hall–Kier alpha value is -3.58. The molecule has 0 aliphatic carbocycles. The number of aryl methyl sites for hydroxylation is 1. The monoisotopic (exact) mass is 415 g/mol. The lowest BCUT2D eigenvalue weighted by Crippen LogP contribution is -2.26. The largest absolute Gasteiger partial charge is 0.481 e. The fourth-order valence-corrected chi connectivity index (χ4v) is 4.82. The summed E-state index contributed by atoms with van der Waals surface area (Å²) in [5.74, 6) is -0.984. The maximum atomic E-state index is 13.1. The van der Waals surface area contributed by atoms with E-state index < -0.39 is 5.97 Å². The Bertz CT molecular complexity index is 1520. The average Bonchev–Trinajstić information content (AvgIpc) is 3.14. The molecular formula is C23H17N3O3S. The van der Waals surface area contributed by atoms with Gasteiger partial charge in [-0.1, -0.05) is 48.5 Å². The molecule has 148 valence electrons. The van der Waals surface area contributed by atoms with Gasteiger partial charge in [-0.05, 0) is 23.9 Å². The Kier molecular flexibility index (Phi) is 4.33. The van der Waals surface area contributed by atoms with E-state index in [2.05, 4.69) is 11.2 Å². The van der Waals surface area contributed by atoms with E-state index in [0.29, 0.717) is 16.5 Å². The number of hydrogen-bond acceptors (Lipinski definition) is 5. The van der Waals surface area contributed by atoms with Crippen molar-refractivity contribution < 1.29 is 9.90 Å². The van der Waals surface area contributed by atoms with Gasteiger partial charge in [-0.15, -0.1) is 11.3 Å². The van der Waals surface area contributed by atoms with Crippen molar-refractivity contribution in [2.75, 3.05) is 0 Å². The second kappa shape index (κ2) is 7.03. The predicted octanol–water partition coefficient (Wildman–Crippen LogP) is 4.14. The molecule has 5 rings (SSSR count). The first-order valence-electron chi connectivity index (χ1n) is 9.49. The third-order valence-corrected chi connectivity index (χ3v) is 6.21. The number of aromatic nitrogens is 3. The Morgan fingerprint density at radius 3 is 2.70 bits per heavy atom. The van der Waals surface area contributed by atoms with Crippen LogP contribution in [-0.4, -0.2) is 25.8 Å². The number of hydrogen-bond donors (Lipinski definition) is 1. The van der Waals surface area contributed by atoms with Crippen LogP contribution in [0.15, 0.2) is 59.4 Å². The molecule has 6 nitrogen and oxygen atoms in total. The average molecular weight is 415 g/mol. The molecule has 0 fully saturated rings. The minimum absolute atomic E-state index is 0.198. The number of carboxylic acids is 1. The Morgan fingerprint density at radius 1 is 1.07 bits per heavy atom. The van der Waals surface area contributed by atoms with Gasteiger partial charge in [0.1, 0.15) is 5.01 Å². The zero-order valence-corrected chi connectivity index (χ0v) is 16.9. The van der Waals surface area contributed by atoms with Gasteiger partial charge >= 0.3 is 5.97 Å². The van der Waals surface area contributed by atoms with Crippen LogP contribution in [0.1, 0.15) is 16.3 Å². The third kappa shape index (κ3) is 3.04. The van der Waals surface area contributed by atoms with E-state index in [0.717, 1.165) is 31.6 Å². The summed E-state index contributed by atoms with van der Waals surface area (Å²) in [6.45, 7) is 2.05. The molecule has 0 unspecified atom stereocenters. The molecule has 0 aliphatic rings. The van der Waals surface area contributed by atoms with Crippen LogP contribution in [0.4, 0.5) is 0 Å². The van der Waals surface area contributed by atoms with Crippen LogP contribution in [0.5, 0.6) is 0 Å². The minimum atomic E-state index is -0.984. The lowest BCUT2D eigenvalue weighted by molar-refractivity contribution is -0.136. The molecule has 7 heteroatoms. The van der Waals surface area contributed by atoms with Gasteiger partial charge in [0.25, 0.3) is 5.56 Å². The molecule has 0 saturated carbocycles. The molecule has 2 aromatic heterocycles. The number of carbonyl (C=O) groups is 1. The predicted molar refractivity (Wildman–Crippen MR) is 118 cm³/mol. The number of aliphatic carboxylic acids is 1. The van der Waals surface area contributed by atoms with Gasteiger partial charge in [0, 0.05) is 10.8 Å².